The zero-order valence-electron chi connectivity index (χ0n) is 16.2. The van der Waals surface area contributed by atoms with Crippen molar-refractivity contribution in [2.45, 2.75) is 32.4 Å². The molecule has 1 aliphatic heterocycles. The number of nitro groups is 2. The fourth-order valence-corrected chi connectivity index (χ4v) is 3.55. The molecule has 0 saturated carbocycles. The van der Waals surface area contributed by atoms with E-state index in [1.54, 1.807) is 31.2 Å². The number of benzene rings is 2. The molecule has 1 saturated heterocycles. The van der Waals surface area contributed by atoms with Crippen molar-refractivity contribution in [2.24, 2.45) is 0 Å². The summed E-state index contributed by atoms with van der Waals surface area (Å²) in [5.74, 6) is -0.488. The van der Waals surface area contributed by atoms with Gasteiger partial charge in [0.05, 0.1) is 28.9 Å². The van der Waals surface area contributed by atoms with Gasteiger partial charge in [-0.3, -0.25) is 29.8 Å². The number of nitro benzene ring substituents is 2. The third kappa shape index (κ3) is 4.77. The maximum absolute atomic E-state index is 12.3. The van der Waals surface area contributed by atoms with E-state index in [4.69, 9.17) is 0 Å². The number of para-hydroxylation sites is 1. The van der Waals surface area contributed by atoms with Crippen molar-refractivity contribution in [3.63, 3.8) is 0 Å². The minimum absolute atomic E-state index is 0.00815. The van der Waals surface area contributed by atoms with Gasteiger partial charge in [0.1, 0.15) is 0 Å². The van der Waals surface area contributed by atoms with Crippen molar-refractivity contribution >= 4 is 23.2 Å². The maximum Gasteiger partial charge on any atom is 0.274 e. The first-order chi connectivity index (χ1) is 14.2. The fraction of sp³-hybridized carbons (Fsp3) is 0.300. The summed E-state index contributed by atoms with van der Waals surface area (Å²) in [7, 11) is 0. The van der Waals surface area contributed by atoms with Crippen LogP contribution in [0.25, 0.3) is 0 Å². The van der Waals surface area contributed by atoms with Crippen molar-refractivity contribution in [3.05, 3.63) is 79.4 Å². The Balaban J connectivity index is 1.59. The van der Waals surface area contributed by atoms with Crippen molar-refractivity contribution in [2.75, 3.05) is 6.54 Å². The molecule has 0 aliphatic carbocycles. The molecule has 1 heterocycles. The first-order valence-corrected chi connectivity index (χ1v) is 9.28. The van der Waals surface area contributed by atoms with Gasteiger partial charge in [-0.05, 0) is 18.6 Å². The zero-order valence-corrected chi connectivity index (χ0v) is 16.2. The second-order valence-corrected chi connectivity index (χ2v) is 7.18. The van der Waals surface area contributed by atoms with Crippen LogP contribution >= 0.6 is 0 Å². The van der Waals surface area contributed by atoms with Crippen LogP contribution in [-0.2, 0) is 22.6 Å². The van der Waals surface area contributed by atoms with E-state index in [1.165, 1.54) is 23.1 Å². The van der Waals surface area contributed by atoms with Gasteiger partial charge in [0.15, 0.2) is 0 Å². The van der Waals surface area contributed by atoms with E-state index in [1.807, 2.05) is 0 Å². The molecule has 2 aromatic rings. The van der Waals surface area contributed by atoms with Crippen LogP contribution in [0.2, 0.25) is 0 Å². The quantitative estimate of drug-likeness (QED) is 0.547. The largest absolute Gasteiger partial charge is 0.351 e. The number of likely N-dealkylation sites (tertiary alicyclic amines) is 1. The van der Waals surface area contributed by atoms with Gasteiger partial charge >= 0.3 is 0 Å². The Labute approximate surface area is 171 Å². The Morgan fingerprint density at radius 1 is 1.13 bits per heavy atom. The van der Waals surface area contributed by atoms with Crippen molar-refractivity contribution < 1.29 is 19.4 Å². The lowest BCUT2D eigenvalue weighted by molar-refractivity contribution is -0.385. The van der Waals surface area contributed by atoms with Crippen LogP contribution in [0.15, 0.2) is 42.5 Å². The molecule has 1 aliphatic rings. The van der Waals surface area contributed by atoms with Crippen molar-refractivity contribution in [1.82, 2.24) is 10.2 Å². The number of hydrogen-bond donors (Lipinski definition) is 1. The van der Waals surface area contributed by atoms with E-state index in [2.05, 4.69) is 5.32 Å². The summed E-state index contributed by atoms with van der Waals surface area (Å²) in [6.07, 6.45) is 0.152. The summed E-state index contributed by atoms with van der Waals surface area (Å²) in [4.78, 5) is 47.2. The van der Waals surface area contributed by atoms with Crippen LogP contribution < -0.4 is 5.32 Å². The van der Waals surface area contributed by atoms with Gasteiger partial charge in [0, 0.05) is 36.2 Å². The molecular weight excluding hydrogens is 392 g/mol. The molecule has 2 amide bonds. The molecule has 10 nitrogen and oxygen atoms in total. The molecule has 1 fully saturated rings. The highest BCUT2D eigenvalue weighted by Crippen LogP contribution is 2.23. The van der Waals surface area contributed by atoms with E-state index in [0.29, 0.717) is 16.7 Å². The van der Waals surface area contributed by atoms with Gasteiger partial charge < -0.3 is 10.2 Å². The second-order valence-electron chi connectivity index (χ2n) is 7.18. The lowest BCUT2D eigenvalue weighted by Crippen LogP contribution is -2.37. The van der Waals surface area contributed by atoms with E-state index < -0.39 is 15.9 Å². The molecule has 30 heavy (non-hydrogen) atoms. The van der Waals surface area contributed by atoms with E-state index >= 15 is 0 Å². The molecule has 1 unspecified atom stereocenters. The highest BCUT2D eigenvalue weighted by molar-refractivity contribution is 5.83. The van der Waals surface area contributed by atoms with E-state index in [9.17, 15) is 29.8 Å². The summed E-state index contributed by atoms with van der Waals surface area (Å²) in [6.45, 7) is 1.97. The molecule has 0 spiro atoms. The number of nitrogens with zero attached hydrogens (tertiary/aromatic N) is 3. The predicted molar refractivity (Wildman–Crippen MR) is 107 cm³/mol. The number of rotatable bonds is 7. The Hall–Kier alpha value is -3.82. The topological polar surface area (TPSA) is 136 Å². The van der Waals surface area contributed by atoms with Gasteiger partial charge in [0.2, 0.25) is 11.8 Å². The summed E-state index contributed by atoms with van der Waals surface area (Å²) in [5, 5.41) is 24.8. The van der Waals surface area contributed by atoms with Crippen molar-refractivity contribution in [3.8, 4) is 0 Å². The van der Waals surface area contributed by atoms with Gasteiger partial charge in [0.25, 0.3) is 11.4 Å². The molecule has 1 N–H and O–H groups in total. The monoisotopic (exact) mass is 412 g/mol. The Morgan fingerprint density at radius 2 is 1.83 bits per heavy atom. The molecule has 2 aromatic carbocycles. The number of aryl methyl sites for hydroxylation is 1. The standard InChI is InChI=1S/C20H20N4O6/c1-13-8-14(6-7-17(13)23(27)28)9-19(25)21-16-10-20(26)22(12-16)11-15-4-2-3-5-18(15)24(29)30/h2-8,16H,9-12H2,1H3,(H,21,25). The Bertz CT molecular complexity index is 1020. The van der Waals surface area contributed by atoms with Crippen molar-refractivity contribution in [1.29, 1.82) is 0 Å². The summed E-state index contributed by atoms with van der Waals surface area (Å²) < 4.78 is 0. The second kappa shape index (κ2) is 8.68. The Morgan fingerprint density at radius 3 is 2.50 bits per heavy atom. The number of hydrogen-bond acceptors (Lipinski definition) is 6. The number of nitrogens with one attached hydrogen (secondary N) is 1. The van der Waals surface area contributed by atoms with Crippen LogP contribution in [0.1, 0.15) is 23.1 Å². The SMILES string of the molecule is Cc1cc(CC(=O)NC2CC(=O)N(Cc3ccccc3[N+](=O)[O-])C2)ccc1[N+](=O)[O-]. The van der Waals surface area contributed by atoms with Gasteiger partial charge in [-0.15, -0.1) is 0 Å². The van der Waals surface area contributed by atoms with E-state index in [-0.39, 0.29) is 49.1 Å². The van der Waals surface area contributed by atoms with Gasteiger partial charge in [-0.1, -0.05) is 24.3 Å². The highest BCUT2D eigenvalue weighted by Gasteiger charge is 2.31. The number of carbonyl (C=O) groups is 2. The predicted octanol–water partition coefficient (Wildman–Crippen LogP) is 2.27. The summed E-state index contributed by atoms with van der Waals surface area (Å²) >= 11 is 0. The van der Waals surface area contributed by atoms with Gasteiger partial charge in [-0.25, -0.2) is 0 Å². The first-order valence-electron chi connectivity index (χ1n) is 9.28. The van der Waals surface area contributed by atoms with Crippen LogP contribution in [-0.4, -0.2) is 39.1 Å². The summed E-state index contributed by atoms with van der Waals surface area (Å²) in [5.41, 5.74) is 1.48. The van der Waals surface area contributed by atoms with Crippen LogP contribution in [0.5, 0.6) is 0 Å². The normalized spacial score (nSPS) is 15.8. The molecular formula is C20H20N4O6. The molecule has 0 aromatic heterocycles. The van der Waals surface area contributed by atoms with Crippen LogP contribution in [0.3, 0.4) is 0 Å². The lowest BCUT2D eigenvalue weighted by atomic mass is 10.1. The van der Waals surface area contributed by atoms with Gasteiger partial charge in [-0.2, -0.15) is 0 Å². The van der Waals surface area contributed by atoms with Crippen LogP contribution in [0, 0.1) is 27.2 Å². The zero-order chi connectivity index (χ0) is 21.8. The third-order valence-corrected chi connectivity index (χ3v) is 4.95. The molecule has 3 rings (SSSR count). The van der Waals surface area contributed by atoms with E-state index in [0.717, 1.165) is 0 Å². The lowest BCUT2D eigenvalue weighted by Gasteiger charge is -2.17. The molecule has 0 bridgehead atoms. The first kappa shape index (κ1) is 20.9. The Kier molecular flexibility index (Phi) is 6.05. The fourth-order valence-electron chi connectivity index (χ4n) is 3.55. The smallest absolute Gasteiger partial charge is 0.274 e. The minimum Gasteiger partial charge on any atom is -0.351 e. The third-order valence-electron chi connectivity index (χ3n) is 4.95. The average molecular weight is 412 g/mol. The molecule has 0 radical (unpaired) electrons. The molecule has 156 valence electrons. The molecule has 1 atom stereocenters. The number of amides is 2. The number of carbonyl (C=O) groups excluding carboxylic acids is 2. The highest BCUT2D eigenvalue weighted by atomic mass is 16.6. The molecule has 10 heteroatoms. The summed E-state index contributed by atoms with van der Waals surface area (Å²) in [6, 6.07) is 10.3. The minimum atomic E-state index is -0.485. The van der Waals surface area contributed by atoms with Crippen LogP contribution in [0.4, 0.5) is 11.4 Å². The maximum atomic E-state index is 12.3. The average Bonchev–Trinajstić information content (AvgIpc) is 3.00.